The number of amides is 2. The number of nitrogens with zero attached hydrogens (tertiary/aromatic N) is 1. The second-order valence-corrected chi connectivity index (χ2v) is 7.51. The third kappa shape index (κ3) is 4.30. The Labute approximate surface area is 159 Å². The van der Waals surface area contributed by atoms with E-state index in [4.69, 9.17) is 16.3 Å². The number of piperidine rings is 2. The van der Waals surface area contributed by atoms with E-state index < -0.39 is 0 Å². The molecule has 0 spiro atoms. The minimum absolute atomic E-state index is 0.135. The Bertz CT molecular complexity index is 695. The fourth-order valence-electron chi connectivity index (χ4n) is 3.96. The zero-order valence-corrected chi connectivity index (χ0v) is 16.1. The van der Waals surface area contributed by atoms with E-state index in [9.17, 15) is 9.59 Å². The number of fused-ring (bicyclic) bond motifs is 1. The maximum absolute atomic E-state index is 12.8. The molecule has 2 saturated heterocycles. The number of anilines is 1. The Morgan fingerprint density at radius 1 is 1.23 bits per heavy atom. The van der Waals surface area contributed by atoms with Crippen LogP contribution in [0.3, 0.4) is 0 Å². The van der Waals surface area contributed by atoms with Crippen molar-refractivity contribution in [2.45, 2.75) is 51.1 Å². The van der Waals surface area contributed by atoms with Crippen molar-refractivity contribution in [3.63, 3.8) is 0 Å². The summed E-state index contributed by atoms with van der Waals surface area (Å²) in [6.45, 7) is 3.42. The van der Waals surface area contributed by atoms with Gasteiger partial charge in [-0.3, -0.25) is 14.5 Å². The standard InChI is InChI=1S/C19H26ClN3O3/c1-12(24)21-17-10-18(26-2)15(9-16(17)20)19(25)22-13-6-7-14-5-3-4-8-23(14)11-13/h9-10,13-14H,3-8,11H2,1-2H3,(H,21,24)(H,22,25). The van der Waals surface area contributed by atoms with Crippen LogP contribution in [0.2, 0.25) is 5.02 Å². The normalized spacial score (nSPS) is 23.0. The first kappa shape index (κ1) is 19.0. The summed E-state index contributed by atoms with van der Waals surface area (Å²) in [6.07, 6.45) is 5.95. The van der Waals surface area contributed by atoms with Gasteiger partial charge in [-0.05, 0) is 38.3 Å². The van der Waals surface area contributed by atoms with Crippen molar-refractivity contribution in [3.05, 3.63) is 22.7 Å². The molecule has 0 bridgehead atoms. The molecule has 2 heterocycles. The summed E-state index contributed by atoms with van der Waals surface area (Å²) in [5, 5.41) is 6.07. The Morgan fingerprint density at radius 2 is 2.04 bits per heavy atom. The van der Waals surface area contributed by atoms with Crippen LogP contribution in [0, 0.1) is 0 Å². The van der Waals surface area contributed by atoms with Gasteiger partial charge in [0, 0.05) is 31.6 Å². The first-order chi connectivity index (χ1) is 12.5. The van der Waals surface area contributed by atoms with E-state index in [1.165, 1.54) is 33.3 Å². The summed E-state index contributed by atoms with van der Waals surface area (Å²) in [6, 6.07) is 3.95. The topological polar surface area (TPSA) is 70.7 Å². The Balaban J connectivity index is 1.71. The fraction of sp³-hybridized carbons (Fsp3) is 0.579. The first-order valence-corrected chi connectivity index (χ1v) is 9.55. The van der Waals surface area contributed by atoms with E-state index in [0.717, 1.165) is 25.9 Å². The molecule has 2 unspecified atom stereocenters. The van der Waals surface area contributed by atoms with Crippen LogP contribution in [-0.4, -0.2) is 49.0 Å². The molecule has 1 aromatic rings. The average molecular weight is 380 g/mol. The molecule has 2 N–H and O–H groups in total. The summed E-state index contributed by atoms with van der Waals surface area (Å²) in [5.41, 5.74) is 0.814. The molecule has 0 aromatic heterocycles. The Kier molecular flexibility index (Phi) is 6.04. The third-order valence-corrected chi connectivity index (χ3v) is 5.54. The molecule has 0 saturated carbocycles. The Morgan fingerprint density at radius 3 is 2.77 bits per heavy atom. The molecule has 3 rings (SSSR count). The highest BCUT2D eigenvalue weighted by Crippen LogP contribution is 2.32. The van der Waals surface area contributed by atoms with Crippen LogP contribution in [0.5, 0.6) is 5.75 Å². The van der Waals surface area contributed by atoms with Gasteiger partial charge in [-0.2, -0.15) is 0 Å². The molecule has 0 radical (unpaired) electrons. The molecule has 2 aliphatic rings. The number of rotatable bonds is 4. The van der Waals surface area contributed by atoms with Crippen molar-refractivity contribution < 1.29 is 14.3 Å². The number of benzene rings is 1. The summed E-state index contributed by atoms with van der Waals surface area (Å²) in [7, 11) is 1.50. The van der Waals surface area contributed by atoms with E-state index in [2.05, 4.69) is 15.5 Å². The summed E-state index contributed by atoms with van der Waals surface area (Å²) in [5.74, 6) is -0.0367. The predicted molar refractivity (Wildman–Crippen MR) is 102 cm³/mol. The number of carbonyl (C=O) groups is 2. The monoisotopic (exact) mass is 379 g/mol. The lowest BCUT2D eigenvalue weighted by atomic mass is 9.91. The number of methoxy groups -OCH3 is 1. The number of halogens is 1. The van der Waals surface area contributed by atoms with Crippen LogP contribution in [0.25, 0.3) is 0 Å². The van der Waals surface area contributed by atoms with Gasteiger partial charge in [0.25, 0.3) is 5.91 Å². The summed E-state index contributed by atoms with van der Waals surface area (Å²) in [4.78, 5) is 26.6. The number of ether oxygens (including phenoxy) is 1. The number of hydrogen-bond donors (Lipinski definition) is 2. The van der Waals surface area contributed by atoms with Crippen LogP contribution < -0.4 is 15.4 Å². The van der Waals surface area contributed by atoms with Gasteiger partial charge in [0.2, 0.25) is 5.91 Å². The molecular weight excluding hydrogens is 354 g/mol. The molecule has 26 heavy (non-hydrogen) atoms. The Hall–Kier alpha value is -1.79. The fourth-order valence-corrected chi connectivity index (χ4v) is 4.17. The maximum atomic E-state index is 12.8. The zero-order chi connectivity index (χ0) is 18.7. The lowest BCUT2D eigenvalue weighted by Gasteiger charge is -2.42. The van der Waals surface area contributed by atoms with Crippen LogP contribution in [0.1, 0.15) is 49.4 Å². The van der Waals surface area contributed by atoms with E-state index in [-0.39, 0.29) is 17.9 Å². The van der Waals surface area contributed by atoms with Gasteiger partial charge in [0.15, 0.2) is 0 Å². The zero-order valence-electron chi connectivity index (χ0n) is 15.3. The molecule has 2 amide bonds. The molecule has 142 valence electrons. The van der Waals surface area contributed by atoms with Crippen molar-refractivity contribution in [1.82, 2.24) is 10.2 Å². The molecule has 0 aliphatic carbocycles. The second-order valence-electron chi connectivity index (χ2n) is 7.11. The van der Waals surface area contributed by atoms with Crippen molar-refractivity contribution in [3.8, 4) is 5.75 Å². The summed E-state index contributed by atoms with van der Waals surface area (Å²) < 4.78 is 5.34. The van der Waals surface area contributed by atoms with Gasteiger partial charge in [0.1, 0.15) is 5.75 Å². The van der Waals surface area contributed by atoms with E-state index in [1.54, 1.807) is 12.1 Å². The third-order valence-electron chi connectivity index (χ3n) is 5.23. The van der Waals surface area contributed by atoms with Crippen LogP contribution in [-0.2, 0) is 4.79 Å². The number of nitrogens with one attached hydrogen (secondary N) is 2. The molecule has 2 atom stereocenters. The molecule has 2 fully saturated rings. The highest BCUT2D eigenvalue weighted by molar-refractivity contribution is 6.34. The molecule has 7 heteroatoms. The maximum Gasteiger partial charge on any atom is 0.255 e. The van der Waals surface area contributed by atoms with Gasteiger partial charge in [-0.25, -0.2) is 0 Å². The smallest absolute Gasteiger partial charge is 0.255 e. The minimum atomic E-state index is -0.232. The van der Waals surface area contributed by atoms with Gasteiger partial charge >= 0.3 is 0 Å². The lowest BCUT2D eigenvalue weighted by molar-refractivity contribution is -0.114. The van der Waals surface area contributed by atoms with Gasteiger partial charge in [-0.1, -0.05) is 18.0 Å². The van der Waals surface area contributed by atoms with Gasteiger partial charge in [-0.15, -0.1) is 0 Å². The first-order valence-electron chi connectivity index (χ1n) is 9.18. The quantitative estimate of drug-likeness (QED) is 0.843. The predicted octanol–water partition coefficient (Wildman–Crippen LogP) is 3.05. The van der Waals surface area contributed by atoms with Crippen LogP contribution >= 0.6 is 11.6 Å². The SMILES string of the molecule is COc1cc(NC(C)=O)c(Cl)cc1C(=O)NC1CCC2CCCCN2C1. The average Bonchev–Trinajstić information content (AvgIpc) is 2.62. The van der Waals surface area contributed by atoms with E-state index in [0.29, 0.717) is 28.1 Å². The highest BCUT2D eigenvalue weighted by atomic mass is 35.5. The largest absolute Gasteiger partial charge is 0.496 e. The van der Waals surface area contributed by atoms with Crippen molar-refractivity contribution >= 4 is 29.1 Å². The van der Waals surface area contributed by atoms with Crippen LogP contribution in [0.4, 0.5) is 5.69 Å². The minimum Gasteiger partial charge on any atom is -0.496 e. The summed E-state index contributed by atoms with van der Waals surface area (Å²) >= 11 is 6.22. The van der Waals surface area contributed by atoms with Gasteiger partial charge in [0.05, 0.1) is 23.4 Å². The van der Waals surface area contributed by atoms with Crippen LogP contribution in [0.15, 0.2) is 12.1 Å². The van der Waals surface area contributed by atoms with Gasteiger partial charge < -0.3 is 15.4 Å². The van der Waals surface area contributed by atoms with E-state index >= 15 is 0 Å². The highest BCUT2D eigenvalue weighted by Gasteiger charge is 2.31. The van der Waals surface area contributed by atoms with E-state index in [1.807, 2.05) is 0 Å². The number of carbonyl (C=O) groups excluding carboxylic acids is 2. The molecule has 6 nitrogen and oxygen atoms in total. The molecule has 2 aliphatic heterocycles. The van der Waals surface area contributed by atoms with Crippen molar-refractivity contribution in [1.29, 1.82) is 0 Å². The number of hydrogen-bond acceptors (Lipinski definition) is 4. The van der Waals surface area contributed by atoms with Crippen molar-refractivity contribution in [2.24, 2.45) is 0 Å². The molecule has 1 aromatic carbocycles. The molecular formula is C19H26ClN3O3. The van der Waals surface area contributed by atoms with Crippen molar-refractivity contribution in [2.75, 3.05) is 25.5 Å². The lowest BCUT2D eigenvalue weighted by Crippen LogP contribution is -2.53. The second kappa shape index (κ2) is 8.27.